The minimum absolute atomic E-state index is 0.0763. The number of carbonyl (C=O) groups excluding carboxylic acids is 1. The zero-order valence-corrected chi connectivity index (χ0v) is 9.60. The Bertz CT molecular complexity index is 466. The normalized spacial score (nSPS) is 10.7. The lowest BCUT2D eigenvalue weighted by Crippen LogP contribution is -2.29. The third kappa shape index (κ3) is 2.71. The molecule has 1 aromatic carbocycles. The predicted molar refractivity (Wildman–Crippen MR) is 59.4 cm³/mol. The average molecular weight is 241 g/mol. The van der Waals surface area contributed by atoms with Crippen LogP contribution in [0.2, 0.25) is 5.02 Å². The number of anilines is 1. The van der Waals surface area contributed by atoms with Gasteiger partial charge in [0.2, 0.25) is 5.91 Å². The van der Waals surface area contributed by atoms with Gasteiger partial charge in [0.1, 0.15) is 11.2 Å². The molecule has 0 aliphatic carbocycles. The lowest BCUT2D eigenvalue weighted by molar-refractivity contribution is -0.121. The van der Waals surface area contributed by atoms with Crippen molar-refractivity contribution in [2.75, 3.05) is 5.32 Å². The van der Waals surface area contributed by atoms with E-state index in [0.717, 1.165) is 6.07 Å². The fourth-order valence-corrected chi connectivity index (χ4v) is 1.09. The van der Waals surface area contributed by atoms with Crippen molar-refractivity contribution in [3.05, 3.63) is 29.0 Å². The van der Waals surface area contributed by atoms with Crippen molar-refractivity contribution >= 4 is 23.2 Å². The van der Waals surface area contributed by atoms with Crippen molar-refractivity contribution in [1.82, 2.24) is 0 Å². The summed E-state index contributed by atoms with van der Waals surface area (Å²) in [6, 6.07) is 5.69. The van der Waals surface area contributed by atoms with Crippen LogP contribution in [0.5, 0.6) is 0 Å². The fourth-order valence-electron chi connectivity index (χ4n) is 0.912. The van der Waals surface area contributed by atoms with Crippen molar-refractivity contribution in [1.29, 1.82) is 5.26 Å². The Balaban J connectivity index is 2.87. The van der Waals surface area contributed by atoms with Crippen LogP contribution in [0.15, 0.2) is 18.2 Å². The SMILES string of the molecule is CC(C)(C#N)C(=O)Nc1ccc(F)c(Cl)c1. The average Bonchev–Trinajstić information content (AvgIpc) is 2.23. The number of benzene rings is 1. The van der Waals surface area contributed by atoms with Crippen molar-refractivity contribution < 1.29 is 9.18 Å². The molecule has 0 radical (unpaired) electrons. The Hall–Kier alpha value is -1.60. The molecule has 0 saturated heterocycles. The van der Waals surface area contributed by atoms with Crippen LogP contribution in [0.4, 0.5) is 10.1 Å². The van der Waals surface area contributed by atoms with Gasteiger partial charge < -0.3 is 5.32 Å². The number of rotatable bonds is 2. The van der Waals surface area contributed by atoms with Crippen LogP contribution in [-0.2, 0) is 4.79 Å². The van der Waals surface area contributed by atoms with Gasteiger partial charge in [-0.1, -0.05) is 11.6 Å². The maximum atomic E-state index is 12.8. The van der Waals surface area contributed by atoms with Crippen LogP contribution in [0, 0.1) is 22.6 Å². The van der Waals surface area contributed by atoms with E-state index in [9.17, 15) is 9.18 Å². The summed E-state index contributed by atoms with van der Waals surface area (Å²) < 4.78 is 12.8. The molecule has 0 aliphatic heterocycles. The number of halogens is 2. The third-order valence-electron chi connectivity index (χ3n) is 2.02. The number of nitrogens with zero attached hydrogens (tertiary/aromatic N) is 1. The van der Waals surface area contributed by atoms with Gasteiger partial charge in [0.25, 0.3) is 0 Å². The smallest absolute Gasteiger partial charge is 0.244 e. The molecular formula is C11H10ClFN2O. The largest absolute Gasteiger partial charge is 0.325 e. The van der Waals surface area contributed by atoms with E-state index >= 15 is 0 Å². The van der Waals surface area contributed by atoms with Gasteiger partial charge in [-0.25, -0.2) is 4.39 Å². The van der Waals surface area contributed by atoms with Gasteiger partial charge in [-0.15, -0.1) is 0 Å². The monoisotopic (exact) mass is 240 g/mol. The Labute approximate surface area is 97.8 Å². The molecule has 0 aliphatic rings. The van der Waals surface area contributed by atoms with Crippen LogP contribution < -0.4 is 5.32 Å². The molecule has 0 unspecified atom stereocenters. The molecule has 0 fully saturated rings. The number of hydrogen-bond acceptors (Lipinski definition) is 2. The summed E-state index contributed by atoms with van der Waals surface area (Å²) in [6.07, 6.45) is 0. The Morgan fingerprint density at radius 1 is 1.56 bits per heavy atom. The lowest BCUT2D eigenvalue weighted by Gasteiger charge is -2.15. The second-order valence-electron chi connectivity index (χ2n) is 3.82. The summed E-state index contributed by atoms with van der Waals surface area (Å²) in [6.45, 7) is 2.99. The van der Waals surface area contributed by atoms with Gasteiger partial charge in [-0.05, 0) is 32.0 Å². The van der Waals surface area contributed by atoms with Crippen molar-refractivity contribution in [2.45, 2.75) is 13.8 Å². The molecule has 0 atom stereocenters. The first-order chi connectivity index (χ1) is 7.36. The first-order valence-electron chi connectivity index (χ1n) is 4.54. The molecule has 1 aromatic rings. The first-order valence-corrected chi connectivity index (χ1v) is 4.92. The second-order valence-corrected chi connectivity index (χ2v) is 4.23. The van der Waals surface area contributed by atoms with Gasteiger partial charge in [-0.2, -0.15) is 5.26 Å². The summed E-state index contributed by atoms with van der Waals surface area (Å²) in [5, 5.41) is 11.2. The highest BCUT2D eigenvalue weighted by Gasteiger charge is 2.27. The fraction of sp³-hybridized carbons (Fsp3) is 0.273. The molecule has 1 rings (SSSR count). The standard InChI is InChI=1S/C11H10ClFN2O/c1-11(2,6-14)10(16)15-7-3-4-9(13)8(12)5-7/h3-5H,1-2H3,(H,15,16). The molecule has 3 nitrogen and oxygen atoms in total. The molecule has 16 heavy (non-hydrogen) atoms. The van der Waals surface area contributed by atoms with Crippen molar-refractivity contribution in [3.8, 4) is 6.07 Å². The minimum Gasteiger partial charge on any atom is -0.325 e. The van der Waals surface area contributed by atoms with Crippen molar-refractivity contribution in [2.24, 2.45) is 5.41 Å². The number of hydrogen-bond donors (Lipinski definition) is 1. The van der Waals surface area contributed by atoms with E-state index in [4.69, 9.17) is 16.9 Å². The minimum atomic E-state index is -1.14. The molecule has 0 bridgehead atoms. The zero-order chi connectivity index (χ0) is 12.3. The van der Waals surface area contributed by atoms with Gasteiger partial charge >= 0.3 is 0 Å². The second kappa shape index (κ2) is 4.50. The van der Waals surface area contributed by atoms with E-state index < -0.39 is 17.1 Å². The molecule has 1 amide bonds. The number of amides is 1. The Kier molecular flexibility index (Phi) is 3.51. The summed E-state index contributed by atoms with van der Waals surface area (Å²) in [4.78, 5) is 11.6. The quantitative estimate of drug-likeness (QED) is 0.864. The van der Waals surface area contributed by atoms with Gasteiger partial charge in [0, 0.05) is 5.69 Å². The van der Waals surface area contributed by atoms with E-state index in [1.807, 2.05) is 6.07 Å². The number of nitriles is 1. The van der Waals surface area contributed by atoms with Crippen LogP contribution in [0.25, 0.3) is 0 Å². The van der Waals surface area contributed by atoms with E-state index in [1.165, 1.54) is 26.0 Å². The molecule has 0 saturated carbocycles. The van der Waals surface area contributed by atoms with Crippen LogP contribution >= 0.6 is 11.6 Å². The van der Waals surface area contributed by atoms with Crippen LogP contribution in [-0.4, -0.2) is 5.91 Å². The lowest BCUT2D eigenvalue weighted by atomic mass is 9.94. The van der Waals surface area contributed by atoms with Crippen LogP contribution in [0.1, 0.15) is 13.8 Å². The molecule has 5 heteroatoms. The first kappa shape index (κ1) is 12.5. The predicted octanol–water partition coefficient (Wildman–Crippen LogP) is 2.97. The number of carbonyl (C=O) groups is 1. The number of nitrogens with one attached hydrogen (secondary N) is 1. The molecule has 84 valence electrons. The zero-order valence-electron chi connectivity index (χ0n) is 8.84. The molecular weight excluding hydrogens is 231 g/mol. The van der Waals surface area contributed by atoms with Crippen molar-refractivity contribution in [3.63, 3.8) is 0 Å². The molecule has 1 N–H and O–H groups in total. The van der Waals surface area contributed by atoms with E-state index in [0.29, 0.717) is 5.69 Å². The highest BCUT2D eigenvalue weighted by Crippen LogP contribution is 2.22. The Morgan fingerprint density at radius 3 is 2.69 bits per heavy atom. The van der Waals surface area contributed by atoms with Gasteiger partial charge in [0.05, 0.1) is 11.1 Å². The molecule has 0 spiro atoms. The van der Waals surface area contributed by atoms with E-state index in [2.05, 4.69) is 5.32 Å². The van der Waals surface area contributed by atoms with Gasteiger partial charge in [0.15, 0.2) is 0 Å². The maximum Gasteiger partial charge on any atom is 0.244 e. The summed E-state index contributed by atoms with van der Waals surface area (Å²) in [5.74, 6) is -1.02. The summed E-state index contributed by atoms with van der Waals surface area (Å²) in [5.41, 5.74) is -0.777. The Morgan fingerprint density at radius 2 is 2.19 bits per heavy atom. The van der Waals surface area contributed by atoms with Crippen LogP contribution in [0.3, 0.4) is 0 Å². The summed E-state index contributed by atoms with van der Waals surface area (Å²) >= 11 is 5.55. The summed E-state index contributed by atoms with van der Waals surface area (Å²) in [7, 11) is 0. The highest BCUT2D eigenvalue weighted by atomic mass is 35.5. The maximum absolute atomic E-state index is 12.8. The van der Waals surface area contributed by atoms with E-state index in [-0.39, 0.29) is 5.02 Å². The van der Waals surface area contributed by atoms with E-state index in [1.54, 1.807) is 0 Å². The molecule has 0 aromatic heterocycles. The highest BCUT2D eigenvalue weighted by molar-refractivity contribution is 6.31. The van der Waals surface area contributed by atoms with Gasteiger partial charge in [-0.3, -0.25) is 4.79 Å². The third-order valence-corrected chi connectivity index (χ3v) is 2.31. The molecule has 0 heterocycles. The topological polar surface area (TPSA) is 52.9 Å².